The van der Waals surface area contributed by atoms with E-state index >= 15 is 0 Å². The second-order valence-corrected chi connectivity index (χ2v) is 5.80. The third kappa shape index (κ3) is 4.05. The predicted molar refractivity (Wildman–Crippen MR) is 85.2 cm³/mol. The van der Waals surface area contributed by atoms with Gasteiger partial charge in [-0.2, -0.15) is 16.4 Å². The van der Waals surface area contributed by atoms with Crippen LogP contribution in [-0.2, 0) is 0 Å². The van der Waals surface area contributed by atoms with E-state index in [0.29, 0.717) is 11.4 Å². The van der Waals surface area contributed by atoms with Gasteiger partial charge in [0.05, 0.1) is 18.3 Å². The maximum absolute atomic E-state index is 12.2. The van der Waals surface area contributed by atoms with Gasteiger partial charge < -0.3 is 10.4 Å². The highest BCUT2D eigenvalue weighted by Crippen LogP contribution is 2.10. The average Bonchev–Trinajstić information content (AvgIpc) is 2.97. The largest absolute Gasteiger partial charge is 0.394 e. The Balaban J connectivity index is 2.03. The summed E-state index contributed by atoms with van der Waals surface area (Å²) in [5.41, 5.74) is 1.33. The lowest BCUT2D eigenvalue weighted by molar-refractivity contribution is 0.0915. The minimum Gasteiger partial charge on any atom is -0.394 e. The van der Waals surface area contributed by atoms with Gasteiger partial charge in [-0.25, -0.2) is 0 Å². The zero-order chi connectivity index (χ0) is 15.9. The lowest BCUT2D eigenvalue weighted by atomic mass is 10.1. The number of tetrazole rings is 1. The van der Waals surface area contributed by atoms with E-state index in [4.69, 9.17) is 0 Å². The third-order valence-electron chi connectivity index (χ3n) is 3.23. The minimum absolute atomic E-state index is 0.0613. The molecule has 2 aromatic rings. The first kappa shape index (κ1) is 16.4. The summed E-state index contributed by atoms with van der Waals surface area (Å²) in [6.07, 6.45) is 2.74. The third-order valence-corrected chi connectivity index (χ3v) is 3.87. The Morgan fingerprint density at radius 3 is 2.68 bits per heavy atom. The molecule has 0 fully saturated rings. The number of amides is 1. The topological polar surface area (TPSA) is 92.9 Å². The van der Waals surface area contributed by atoms with Gasteiger partial charge in [0.15, 0.2) is 5.82 Å². The zero-order valence-electron chi connectivity index (χ0n) is 12.6. The van der Waals surface area contributed by atoms with Crippen LogP contribution in [0.2, 0.25) is 0 Å². The Hall–Kier alpha value is -1.93. The van der Waals surface area contributed by atoms with E-state index < -0.39 is 0 Å². The van der Waals surface area contributed by atoms with Crippen molar-refractivity contribution >= 4 is 17.7 Å². The van der Waals surface area contributed by atoms with Crippen LogP contribution in [0.4, 0.5) is 0 Å². The van der Waals surface area contributed by atoms with Gasteiger partial charge in [0.1, 0.15) is 0 Å². The van der Waals surface area contributed by atoms with Gasteiger partial charge >= 0.3 is 0 Å². The molecule has 0 bridgehead atoms. The Kier molecular flexibility index (Phi) is 5.91. The number of nitrogens with zero attached hydrogens (tertiary/aromatic N) is 4. The number of aliphatic hydroxyl groups excluding tert-OH is 1. The lowest BCUT2D eigenvalue weighted by Gasteiger charge is -2.15. The molecule has 0 aliphatic carbocycles. The van der Waals surface area contributed by atoms with Crippen LogP contribution in [0.15, 0.2) is 24.3 Å². The molecule has 0 aliphatic heterocycles. The molecule has 1 amide bonds. The summed E-state index contributed by atoms with van der Waals surface area (Å²) in [6.45, 7) is 1.74. The fourth-order valence-corrected chi connectivity index (χ4v) is 2.48. The normalized spacial score (nSPS) is 12.1. The van der Waals surface area contributed by atoms with Crippen LogP contribution in [0.1, 0.15) is 22.6 Å². The first-order chi connectivity index (χ1) is 10.7. The summed E-state index contributed by atoms with van der Waals surface area (Å²) in [6, 6.07) is 6.78. The second kappa shape index (κ2) is 7.90. The molecule has 2 rings (SSSR count). The number of hydrogen-bond acceptors (Lipinski definition) is 6. The maximum Gasteiger partial charge on any atom is 0.251 e. The van der Waals surface area contributed by atoms with Gasteiger partial charge in [-0.3, -0.25) is 4.79 Å². The molecule has 0 spiro atoms. The number of carbonyl (C=O) groups excluding carboxylic acids is 1. The molecule has 0 saturated carbocycles. The molecule has 8 heteroatoms. The van der Waals surface area contributed by atoms with Crippen LogP contribution < -0.4 is 5.32 Å². The Morgan fingerprint density at radius 1 is 1.41 bits per heavy atom. The molecule has 22 heavy (non-hydrogen) atoms. The Labute approximate surface area is 133 Å². The van der Waals surface area contributed by atoms with Crippen molar-refractivity contribution in [2.24, 2.45) is 0 Å². The fourth-order valence-electron chi connectivity index (χ4n) is 1.96. The van der Waals surface area contributed by atoms with Crippen LogP contribution in [-0.4, -0.2) is 55.9 Å². The number of carbonyl (C=O) groups is 1. The van der Waals surface area contributed by atoms with Crippen molar-refractivity contribution in [3.8, 4) is 5.69 Å². The van der Waals surface area contributed by atoms with E-state index in [0.717, 1.165) is 17.9 Å². The van der Waals surface area contributed by atoms with Crippen molar-refractivity contribution in [2.75, 3.05) is 18.6 Å². The number of benzene rings is 1. The molecular weight excluding hydrogens is 302 g/mol. The van der Waals surface area contributed by atoms with Crippen molar-refractivity contribution < 1.29 is 9.90 Å². The molecule has 1 atom stereocenters. The molecule has 0 saturated heterocycles. The number of aliphatic hydroxyl groups is 1. The van der Waals surface area contributed by atoms with Gasteiger partial charge in [-0.1, -0.05) is 0 Å². The highest BCUT2D eigenvalue weighted by Gasteiger charge is 2.13. The number of hydrogen-bond donors (Lipinski definition) is 2. The minimum atomic E-state index is -0.221. The summed E-state index contributed by atoms with van der Waals surface area (Å²) in [5, 5.41) is 23.4. The van der Waals surface area contributed by atoms with Crippen molar-refractivity contribution in [2.45, 2.75) is 19.4 Å². The van der Waals surface area contributed by atoms with E-state index in [-0.39, 0.29) is 18.6 Å². The number of rotatable bonds is 7. The Bertz CT molecular complexity index is 614. The highest BCUT2D eigenvalue weighted by molar-refractivity contribution is 7.98. The van der Waals surface area contributed by atoms with Crippen molar-refractivity contribution in [1.29, 1.82) is 0 Å². The molecule has 2 N–H and O–H groups in total. The molecule has 1 aromatic carbocycles. The van der Waals surface area contributed by atoms with Gasteiger partial charge in [0, 0.05) is 5.56 Å². The van der Waals surface area contributed by atoms with Crippen LogP contribution in [0.3, 0.4) is 0 Å². The summed E-state index contributed by atoms with van der Waals surface area (Å²) in [7, 11) is 0. The lowest BCUT2D eigenvalue weighted by Crippen LogP contribution is -2.37. The SMILES string of the molecule is CSCCC(CO)NC(=O)c1ccc(-n2nnnc2C)cc1. The number of nitrogens with one attached hydrogen (secondary N) is 1. The molecule has 1 aromatic heterocycles. The molecule has 0 aliphatic rings. The van der Waals surface area contributed by atoms with Gasteiger partial charge in [-0.15, -0.1) is 5.10 Å². The van der Waals surface area contributed by atoms with Crippen LogP contribution in [0.5, 0.6) is 0 Å². The standard InChI is InChI=1S/C14H19N5O2S/c1-10-16-17-18-19(10)13-5-3-11(4-6-13)14(21)15-12(9-20)7-8-22-2/h3-6,12,20H,7-9H2,1-2H3,(H,15,21). The molecule has 1 unspecified atom stereocenters. The average molecular weight is 321 g/mol. The van der Waals surface area contributed by atoms with Crippen LogP contribution in [0.25, 0.3) is 5.69 Å². The number of aromatic nitrogens is 4. The fraction of sp³-hybridized carbons (Fsp3) is 0.429. The van der Waals surface area contributed by atoms with Crippen molar-refractivity contribution in [3.05, 3.63) is 35.7 Å². The van der Waals surface area contributed by atoms with Crippen LogP contribution in [0, 0.1) is 6.92 Å². The van der Waals surface area contributed by atoms with Crippen molar-refractivity contribution in [3.63, 3.8) is 0 Å². The van der Waals surface area contributed by atoms with Crippen LogP contribution >= 0.6 is 11.8 Å². The summed E-state index contributed by atoms with van der Waals surface area (Å²) < 4.78 is 1.59. The van der Waals surface area contributed by atoms with E-state index in [2.05, 4.69) is 20.8 Å². The second-order valence-electron chi connectivity index (χ2n) is 4.82. The van der Waals surface area contributed by atoms with E-state index in [1.807, 2.05) is 6.26 Å². The van der Waals surface area contributed by atoms with Gasteiger partial charge in [0.25, 0.3) is 5.91 Å². The molecular formula is C14H19N5O2S. The van der Waals surface area contributed by atoms with E-state index in [9.17, 15) is 9.90 Å². The summed E-state index contributed by atoms with van der Waals surface area (Å²) >= 11 is 1.69. The van der Waals surface area contributed by atoms with Crippen molar-refractivity contribution in [1.82, 2.24) is 25.5 Å². The monoisotopic (exact) mass is 321 g/mol. The quantitative estimate of drug-likeness (QED) is 0.784. The van der Waals surface area contributed by atoms with E-state index in [1.165, 1.54) is 0 Å². The van der Waals surface area contributed by atoms with Gasteiger partial charge in [0.2, 0.25) is 0 Å². The number of thioether (sulfide) groups is 1. The summed E-state index contributed by atoms with van der Waals surface area (Å²) in [5.74, 6) is 1.37. The molecule has 0 radical (unpaired) electrons. The first-order valence-electron chi connectivity index (χ1n) is 6.91. The first-order valence-corrected chi connectivity index (χ1v) is 8.31. The summed E-state index contributed by atoms with van der Waals surface area (Å²) in [4.78, 5) is 12.2. The maximum atomic E-state index is 12.2. The highest BCUT2D eigenvalue weighted by atomic mass is 32.2. The van der Waals surface area contributed by atoms with Gasteiger partial charge in [-0.05, 0) is 60.0 Å². The Morgan fingerprint density at radius 2 is 2.14 bits per heavy atom. The van der Waals surface area contributed by atoms with E-state index in [1.54, 1.807) is 47.6 Å². The molecule has 7 nitrogen and oxygen atoms in total. The zero-order valence-corrected chi connectivity index (χ0v) is 13.4. The smallest absolute Gasteiger partial charge is 0.251 e. The number of aryl methyl sites for hydroxylation is 1. The molecule has 1 heterocycles. The molecule has 118 valence electrons. The predicted octanol–water partition coefficient (Wildman–Crippen LogP) is 0.815.